The standard InChI is InChI=1S/C21H28N2O6S/c1-12-10-23(16-15(24)11-29-17(12)16)20(26)18(21(2,3)4)22-19(25)13-6-8-14(9-7-13)30(5,27)28/h6-9,12,16-18H,10-11H2,1-5H3,(H,22,25)/t12-,16-,17-,18-/m1/s1. The van der Waals surface area contributed by atoms with E-state index in [1.807, 2.05) is 27.7 Å². The van der Waals surface area contributed by atoms with Crippen LogP contribution >= 0.6 is 0 Å². The van der Waals surface area contributed by atoms with Crippen molar-refractivity contribution in [2.24, 2.45) is 11.3 Å². The third kappa shape index (κ3) is 4.27. The lowest BCUT2D eigenvalue weighted by molar-refractivity contribution is -0.140. The SMILES string of the molecule is C[C@@H]1CN(C(=O)[C@@H](NC(=O)c2ccc(S(C)(=O)=O)cc2)C(C)(C)C)[C@@H]2C(=O)CO[C@H]12. The molecule has 2 saturated heterocycles. The Morgan fingerprint density at radius 1 is 1.20 bits per heavy atom. The zero-order chi connectivity index (χ0) is 22.4. The molecule has 2 fully saturated rings. The molecule has 0 bridgehead atoms. The number of carbonyl (C=O) groups excluding carboxylic acids is 3. The van der Waals surface area contributed by atoms with E-state index in [1.54, 1.807) is 0 Å². The van der Waals surface area contributed by atoms with E-state index in [1.165, 1.54) is 29.2 Å². The van der Waals surface area contributed by atoms with Crippen molar-refractivity contribution >= 4 is 27.4 Å². The number of likely N-dealkylation sites (tertiary alicyclic amines) is 1. The lowest BCUT2D eigenvalue weighted by atomic mass is 9.85. The Labute approximate surface area is 176 Å². The molecule has 4 atom stereocenters. The van der Waals surface area contributed by atoms with Gasteiger partial charge in [0.15, 0.2) is 15.6 Å². The van der Waals surface area contributed by atoms with Crippen LogP contribution in [0.15, 0.2) is 29.2 Å². The molecule has 0 aliphatic carbocycles. The molecule has 2 aliphatic rings. The van der Waals surface area contributed by atoms with Crippen LogP contribution in [0.25, 0.3) is 0 Å². The van der Waals surface area contributed by atoms with E-state index in [0.717, 1.165) is 6.26 Å². The molecule has 1 aromatic carbocycles. The van der Waals surface area contributed by atoms with Gasteiger partial charge in [-0.1, -0.05) is 27.7 Å². The number of hydrogen-bond donors (Lipinski definition) is 1. The summed E-state index contributed by atoms with van der Waals surface area (Å²) in [5.74, 6) is -0.888. The summed E-state index contributed by atoms with van der Waals surface area (Å²) in [6, 6.07) is 4.08. The van der Waals surface area contributed by atoms with Gasteiger partial charge in [0.1, 0.15) is 18.7 Å². The molecule has 2 heterocycles. The molecular weight excluding hydrogens is 408 g/mol. The van der Waals surface area contributed by atoms with E-state index in [0.29, 0.717) is 6.54 Å². The zero-order valence-corrected chi connectivity index (χ0v) is 18.7. The summed E-state index contributed by atoms with van der Waals surface area (Å²) < 4.78 is 28.8. The maximum Gasteiger partial charge on any atom is 0.251 e. The van der Waals surface area contributed by atoms with Crippen LogP contribution in [0.2, 0.25) is 0 Å². The second-order valence-corrected chi connectivity index (χ2v) is 11.2. The van der Waals surface area contributed by atoms with Crippen LogP contribution in [0.3, 0.4) is 0 Å². The predicted molar refractivity (Wildman–Crippen MR) is 110 cm³/mol. The lowest BCUT2D eigenvalue weighted by Gasteiger charge is -2.35. The van der Waals surface area contributed by atoms with Gasteiger partial charge in [0, 0.05) is 24.3 Å². The first-order valence-corrected chi connectivity index (χ1v) is 11.8. The molecule has 2 amide bonds. The van der Waals surface area contributed by atoms with Gasteiger partial charge in [-0.3, -0.25) is 14.4 Å². The average molecular weight is 437 g/mol. The first-order valence-electron chi connectivity index (χ1n) is 9.86. The summed E-state index contributed by atoms with van der Waals surface area (Å²) in [4.78, 5) is 40.2. The van der Waals surface area contributed by atoms with Crippen LogP contribution in [0.1, 0.15) is 38.1 Å². The highest BCUT2D eigenvalue weighted by atomic mass is 32.2. The van der Waals surface area contributed by atoms with Gasteiger partial charge in [-0.2, -0.15) is 0 Å². The number of ether oxygens (including phenoxy) is 1. The van der Waals surface area contributed by atoms with Crippen molar-refractivity contribution in [1.82, 2.24) is 10.2 Å². The molecule has 0 unspecified atom stereocenters. The molecular formula is C21H28N2O6S. The fourth-order valence-electron chi connectivity index (χ4n) is 4.00. The molecule has 30 heavy (non-hydrogen) atoms. The van der Waals surface area contributed by atoms with Crippen LogP contribution in [0, 0.1) is 11.3 Å². The number of Topliss-reactive ketones (excluding diaryl/α,β-unsaturated/α-hetero) is 1. The summed E-state index contributed by atoms with van der Waals surface area (Å²) >= 11 is 0. The predicted octanol–water partition coefficient (Wildman–Crippen LogP) is 1.05. The van der Waals surface area contributed by atoms with Crippen molar-refractivity contribution < 1.29 is 27.5 Å². The molecule has 2 aliphatic heterocycles. The summed E-state index contributed by atoms with van der Waals surface area (Å²) in [6.07, 6.45) is 0.788. The van der Waals surface area contributed by atoms with Crippen molar-refractivity contribution in [2.45, 2.75) is 50.8 Å². The molecule has 0 saturated carbocycles. The van der Waals surface area contributed by atoms with Crippen LogP contribution in [-0.4, -0.2) is 68.5 Å². The minimum absolute atomic E-state index is 0.00266. The molecule has 9 heteroatoms. The number of carbonyl (C=O) groups is 3. The summed E-state index contributed by atoms with van der Waals surface area (Å²) in [6.45, 7) is 7.86. The molecule has 1 aromatic rings. The third-order valence-corrected chi connectivity index (χ3v) is 6.79. The summed E-state index contributed by atoms with van der Waals surface area (Å²) in [7, 11) is -3.37. The second kappa shape index (κ2) is 7.77. The van der Waals surface area contributed by atoms with E-state index < -0.39 is 33.2 Å². The molecule has 0 aromatic heterocycles. The smallest absolute Gasteiger partial charge is 0.251 e. The van der Waals surface area contributed by atoms with Gasteiger partial charge < -0.3 is 15.0 Å². The van der Waals surface area contributed by atoms with Gasteiger partial charge in [0.2, 0.25) is 5.91 Å². The topological polar surface area (TPSA) is 110 Å². The van der Waals surface area contributed by atoms with Crippen molar-refractivity contribution in [3.05, 3.63) is 29.8 Å². The third-order valence-electron chi connectivity index (χ3n) is 5.66. The second-order valence-electron chi connectivity index (χ2n) is 9.22. The first-order chi connectivity index (χ1) is 13.8. The maximum atomic E-state index is 13.4. The Morgan fingerprint density at radius 2 is 1.80 bits per heavy atom. The monoisotopic (exact) mass is 436 g/mol. The number of rotatable bonds is 4. The fraction of sp³-hybridized carbons (Fsp3) is 0.571. The van der Waals surface area contributed by atoms with E-state index >= 15 is 0 Å². The number of nitrogens with zero attached hydrogens (tertiary/aromatic N) is 1. The van der Waals surface area contributed by atoms with E-state index in [9.17, 15) is 22.8 Å². The Hall–Kier alpha value is -2.26. The maximum absolute atomic E-state index is 13.4. The first kappa shape index (κ1) is 22.4. The lowest BCUT2D eigenvalue weighted by Crippen LogP contribution is -2.57. The van der Waals surface area contributed by atoms with Gasteiger partial charge in [0.25, 0.3) is 5.91 Å². The molecule has 0 spiro atoms. The minimum atomic E-state index is -3.37. The average Bonchev–Trinajstić information content (AvgIpc) is 3.18. The van der Waals surface area contributed by atoms with Crippen LogP contribution in [0.5, 0.6) is 0 Å². The number of amides is 2. The fourth-order valence-corrected chi connectivity index (χ4v) is 4.63. The zero-order valence-electron chi connectivity index (χ0n) is 17.8. The van der Waals surface area contributed by atoms with E-state index in [4.69, 9.17) is 4.74 Å². The summed E-state index contributed by atoms with van der Waals surface area (Å²) in [5, 5.41) is 2.79. The number of hydrogen-bond acceptors (Lipinski definition) is 6. The number of ketones is 1. The Kier molecular flexibility index (Phi) is 5.81. The van der Waals surface area contributed by atoms with Crippen molar-refractivity contribution in [3.8, 4) is 0 Å². The highest BCUT2D eigenvalue weighted by Crippen LogP contribution is 2.33. The van der Waals surface area contributed by atoms with Crippen molar-refractivity contribution in [1.29, 1.82) is 0 Å². The van der Waals surface area contributed by atoms with Gasteiger partial charge in [-0.25, -0.2) is 8.42 Å². The van der Waals surface area contributed by atoms with Gasteiger partial charge in [-0.05, 0) is 29.7 Å². The Bertz CT molecular complexity index is 964. The number of sulfone groups is 1. The summed E-state index contributed by atoms with van der Waals surface area (Å²) in [5.41, 5.74) is -0.360. The molecule has 1 N–H and O–H groups in total. The van der Waals surface area contributed by atoms with E-state index in [-0.39, 0.29) is 40.8 Å². The van der Waals surface area contributed by atoms with Crippen LogP contribution < -0.4 is 5.32 Å². The van der Waals surface area contributed by atoms with Gasteiger partial charge in [0.05, 0.1) is 11.0 Å². The minimum Gasteiger partial charge on any atom is -0.367 e. The van der Waals surface area contributed by atoms with E-state index in [2.05, 4.69) is 5.32 Å². The Balaban J connectivity index is 1.82. The quantitative estimate of drug-likeness (QED) is 0.756. The highest BCUT2D eigenvalue weighted by Gasteiger charge is 2.52. The Morgan fingerprint density at radius 3 is 2.33 bits per heavy atom. The largest absolute Gasteiger partial charge is 0.367 e. The van der Waals surface area contributed by atoms with Crippen LogP contribution in [-0.2, 0) is 24.2 Å². The number of nitrogens with one attached hydrogen (secondary N) is 1. The normalized spacial score (nSPS) is 25.2. The molecule has 0 radical (unpaired) electrons. The molecule has 3 rings (SSSR count). The van der Waals surface area contributed by atoms with Gasteiger partial charge in [-0.15, -0.1) is 0 Å². The van der Waals surface area contributed by atoms with Crippen LogP contribution in [0.4, 0.5) is 0 Å². The molecule has 164 valence electrons. The van der Waals surface area contributed by atoms with Crippen molar-refractivity contribution in [2.75, 3.05) is 19.4 Å². The number of fused-ring (bicyclic) bond motifs is 1. The van der Waals surface area contributed by atoms with Gasteiger partial charge >= 0.3 is 0 Å². The van der Waals surface area contributed by atoms with Crippen molar-refractivity contribution in [3.63, 3.8) is 0 Å². The number of benzene rings is 1. The highest BCUT2D eigenvalue weighted by molar-refractivity contribution is 7.90. The molecule has 8 nitrogen and oxygen atoms in total.